The molecule has 5 aliphatic rings. The summed E-state index contributed by atoms with van der Waals surface area (Å²) in [5.41, 5.74) is -1.05. The molecule has 0 unspecified atom stereocenters. The number of Topliss-reactive ketones (excluding diaryl/α,β-unsaturated/α-hetero) is 2. The molecule has 0 bridgehead atoms. The van der Waals surface area contributed by atoms with Crippen molar-refractivity contribution in [2.75, 3.05) is 5.32 Å². The van der Waals surface area contributed by atoms with Gasteiger partial charge in [0, 0.05) is 17.5 Å². The highest BCUT2D eigenvalue weighted by molar-refractivity contribution is 6.44. The molecule has 1 aromatic carbocycles. The highest BCUT2D eigenvalue weighted by Gasteiger charge is 2.71. The van der Waals surface area contributed by atoms with Gasteiger partial charge in [-0.3, -0.25) is 24.0 Å². The number of carboxylic acid groups (broad SMARTS) is 1. The van der Waals surface area contributed by atoms with Gasteiger partial charge in [-0.25, -0.2) is 4.39 Å². The van der Waals surface area contributed by atoms with Crippen molar-refractivity contribution >= 4 is 35.1 Å². The fourth-order valence-corrected chi connectivity index (χ4v) is 12.7. The van der Waals surface area contributed by atoms with Crippen molar-refractivity contribution in [1.29, 1.82) is 0 Å². The van der Waals surface area contributed by atoms with Crippen LogP contribution in [0.4, 0.5) is 10.1 Å². The molecule has 0 aromatic heterocycles. The molecule has 6 rings (SSSR count). The van der Waals surface area contributed by atoms with Crippen LogP contribution in [0.3, 0.4) is 0 Å². The average Bonchev–Trinajstić information content (AvgIpc) is 3.36. The average molecular weight is 720 g/mol. The molecule has 0 heterocycles. The number of hydrogen-bond donors (Lipinski definition) is 2. The van der Waals surface area contributed by atoms with Gasteiger partial charge in [-0.15, -0.1) is 0 Å². The summed E-state index contributed by atoms with van der Waals surface area (Å²) in [6.45, 7) is 18.8. The molecule has 5 aliphatic carbocycles. The van der Waals surface area contributed by atoms with E-state index in [1.165, 1.54) is 24.3 Å². The molecule has 8 atom stereocenters. The minimum atomic E-state index is -1.20. The zero-order valence-electron chi connectivity index (χ0n) is 32.5. The SMILES string of the molecule is CC(C)C1=C2[C@H]3CC[C@@H]4[C@@]5(C)CC[C@H](OC(=O)CC(C)(C)C(=O)O)C(C)(C)[C@@H]5CC[C@@]4(C)[C@]3(C)CC[C@@]2(C(=O)C(=O)Nc2ccc(F)cc2)CC1=O. The van der Waals surface area contributed by atoms with Crippen LogP contribution in [0.1, 0.15) is 127 Å². The fourth-order valence-electron chi connectivity index (χ4n) is 12.7. The van der Waals surface area contributed by atoms with E-state index in [-0.39, 0.29) is 64.1 Å². The van der Waals surface area contributed by atoms with Gasteiger partial charge in [0.05, 0.1) is 17.3 Å². The Morgan fingerprint density at radius 2 is 1.56 bits per heavy atom. The van der Waals surface area contributed by atoms with E-state index in [1.54, 1.807) is 13.8 Å². The van der Waals surface area contributed by atoms with E-state index >= 15 is 0 Å². The Morgan fingerprint density at radius 3 is 2.17 bits per heavy atom. The third kappa shape index (κ3) is 5.61. The van der Waals surface area contributed by atoms with Gasteiger partial charge in [-0.1, -0.05) is 48.5 Å². The highest BCUT2D eigenvalue weighted by atomic mass is 19.1. The second-order valence-electron chi connectivity index (χ2n) is 19.3. The number of ketones is 2. The summed E-state index contributed by atoms with van der Waals surface area (Å²) < 4.78 is 19.7. The number of halogens is 1. The summed E-state index contributed by atoms with van der Waals surface area (Å²) in [5, 5.41) is 12.3. The second kappa shape index (κ2) is 12.6. The van der Waals surface area contributed by atoms with E-state index < -0.39 is 40.3 Å². The van der Waals surface area contributed by atoms with Crippen molar-refractivity contribution < 1.29 is 38.2 Å². The molecular formula is C43H58FNO7. The minimum absolute atomic E-state index is 0.0167. The van der Waals surface area contributed by atoms with E-state index in [1.807, 2.05) is 13.8 Å². The quantitative estimate of drug-likeness (QED) is 0.203. The van der Waals surface area contributed by atoms with Crippen LogP contribution < -0.4 is 5.32 Å². The molecular weight excluding hydrogens is 661 g/mol. The molecule has 1 aromatic rings. The predicted molar refractivity (Wildman–Crippen MR) is 195 cm³/mol. The third-order valence-corrected chi connectivity index (χ3v) is 15.6. The first-order chi connectivity index (χ1) is 24.0. The number of amides is 1. The Balaban J connectivity index is 1.30. The monoisotopic (exact) mass is 719 g/mol. The Morgan fingerprint density at radius 1 is 0.904 bits per heavy atom. The molecule has 4 fully saturated rings. The predicted octanol–water partition coefficient (Wildman–Crippen LogP) is 8.73. The number of rotatable bonds is 8. The topological polar surface area (TPSA) is 127 Å². The summed E-state index contributed by atoms with van der Waals surface area (Å²) in [7, 11) is 0. The van der Waals surface area contributed by atoms with Gasteiger partial charge in [0.2, 0.25) is 5.78 Å². The van der Waals surface area contributed by atoms with Crippen molar-refractivity contribution in [2.24, 2.45) is 56.2 Å². The van der Waals surface area contributed by atoms with Gasteiger partial charge in [-0.05, 0) is 141 Å². The van der Waals surface area contributed by atoms with Crippen molar-refractivity contribution in [3.8, 4) is 0 Å². The fraction of sp³-hybridized carbons (Fsp3) is 0.698. The van der Waals surface area contributed by atoms with Gasteiger partial charge in [0.15, 0.2) is 5.78 Å². The molecule has 52 heavy (non-hydrogen) atoms. The first-order valence-corrected chi connectivity index (χ1v) is 19.4. The largest absolute Gasteiger partial charge is 0.481 e. The Hall–Kier alpha value is -3.36. The normalized spacial score (nSPS) is 36.6. The number of carbonyl (C=O) groups excluding carboxylic acids is 4. The highest BCUT2D eigenvalue weighted by Crippen LogP contribution is 2.76. The summed E-state index contributed by atoms with van der Waals surface area (Å²) >= 11 is 0. The van der Waals surface area contributed by atoms with Crippen LogP contribution in [0.5, 0.6) is 0 Å². The lowest BCUT2D eigenvalue weighted by molar-refractivity contribution is -0.233. The molecule has 8 nitrogen and oxygen atoms in total. The lowest BCUT2D eigenvalue weighted by Gasteiger charge is -2.72. The summed E-state index contributed by atoms with van der Waals surface area (Å²) in [6.07, 6.45) is 6.00. The van der Waals surface area contributed by atoms with Crippen LogP contribution in [0.2, 0.25) is 0 Å². The van der Waals surface area contributed by atoms with E-state index in [2.05, 4.69) is 39.9 Å². The maximum atomic E-state index is 14.4. The molecule has 0 spiro atoms. The Kier molecular flexibility index (Phi) is 9.31. The molecule has 0 saturated heterocycles. The number of hydrogen-bond acceptors (Lipinski definition) is 6. The van der Waals surface area contributed by atoms with E-state index in [9.17, 15) is 33.5 Å². The van der Waals surface area contributed by atoms with Crippen LogP contribution in [-0.2, 0) is 28.7 Å². The van der Waals surface area contributed by atoms with Crippen LogP contribution in [0, 0.1) is 62.0 Å². The van der Waals surface area contributed by atoms with Gasteiger partial charge >= 0.3 is 11.9 Å². The number of esters is 1. The lowest BCUT2D eigenvalue weighted by atomic mass is 9.33. The molecule has 284 valence electrons. The van der Waals surface area contributed by atoms with E-state index in [4.69, 9.17) is 4.74 Å². The first kappa shape index (κ1) is 38.4. The second-order valence-corrected chi connectivity index (χ2v) is 19.3. The third-order valence-electron chi connectivity index (χ3n) is 15.6. The number of aliphatic carboxylic acids is 1. The molecule has 0 aliphatic heterocycles. The Bertz CT molecular complexity index is 1730. The van der Waals surface area contributed by atoms with Crippen LogP contribution in [0.15, 0.2) is 35.4 Å². The number of carboxylic acids is 1. The molecule has 4 saturated carbocycles. The van der Waals surface area contributed by atoms with Crippen molar-refractivity contribution in [3.05, 3.63) is 41.2 Å². The minimum Gasteiger partial charge on any atom is -0.481 e. The van der Waals surface area contributed by atoms with Gasteiger partial charge in [0.1, 0.15) is 11.9 Å². The standard InChI is InChI=1S/C43H58FNO7/c1-24(2)33-28(46)22-43(35(48)36(49)45-26-12-10-25(44)11-13-26)21-20-41(8)27(34(33)43)14-15-30-40(7)18-17-31(52-32(47)23-38(3,4)37(50)51)39(5,6)29(40)16-19-42(30,41)9/h10-13,24,27,29-31H,14-23H2,1-9H3,(H,45,49)(H,50,51)/t27-,29+,30-,31+,40+,41-,42-,43-/m1/s1. The van der Waals surface area contributed by atoms with E-state index in [0.717, 1.165) is 49.7 Å². The summed E-state index contributed by atoms with van der Waals surface area (Å²) in [6, 6.07) is 5.35. The smallest absolute Gasteiger partial charge is 0.309 e. The summed E-state index contributed by atoms with van der Waals surface area (Å²) in [5.74, 6) is -2.72. The molecule has 1 amide bonds. The zero-order chi connectivity index (χ0) is 38.4. The number of anilines is 1. The molecule has 0 radical (unpaired) electrons. The number of nitrogens with one attached hydrogen (secondary N) is 1. The van der Waals surface area contributed by atoms with Gasteiger partial charge in [-0.2, -0.15) is 0 Å². The molecule has 9 heteroatoms. The van der Waals surface area contributed by atoms with Crippen molar-refractivity contribution in [2.45, 2.75) is 133 Å². The summed E-state index contributed by atoms with van der Waals surface area (Å²) in [4.78, 5) is 66.8. The van der Waals surface area contributed by atoms with E-state index in [0.29, 0.717) is 24.4 Å². The van der Waals surface area contributed by atoms with Crippen molar-refractivity contribution in [3.63, 3.8) is 0 Å². The van der Waals surface area contributed by atoms with Crippen LogP contribution in [0.25, 0.3) is 0 Å². The maximum absolute atomic E-state index is 14.4. The number of carbonyl (C=O) groups is 5. The van der Waals surface area contributed by atoms with Crippen LogP contribution >= 0.6 is 0 Å². The lowest BCUT2D eigenvalue weighted by Crippen LogP contribution is -2.66. The number of fused-ring (bicyclic) bond motifs is 7. The van der Waals surface area contributed by atoms with Gasteiger partial charge < -0.3 is 15.2 Å². The first-order valence-electron chi connectivity index (χ1n) is 19.4. The zero-order valence-corrected chi connectivity index (χ0v) is 32.5. The maximum Gasteiger partial charge on any atom is 0.309 e. The Labute approximate surface area is 308 Å². The number of benzene rings is 1. The number of allylic oxidation sites excluding steroid dienone is 2. The van der Waals surface area contributed by atoms with Gasteiger partial charge in [0.25, 0.3) is 5.91 Å². The van der Waals surface area contributed by atoms with Crippen molar-refractivity contribution in [1.82, 2.24) is 0 Å². The van der Waals surface area contributed by atoms with Crippen LogP contribution in [-0.4, -0.2) is 40.6 Å². The molecule has 2 N–H and O–H groups in total. The number of ether oxygens (including phenoxy) is 1.